The van der Waals surface area contributed by atoms with Gasteiger partial charge in [0.05, 0.1) is 0 Å². The number of nitrogens with two attached hydrogens (primary N) is 2. The molecule has 1 rings (SSSR count). The van der Waals surface area contributed by atoms with Crippen molar-refractivity contribution >= 4 is 23.2 Å². The molecule has 0 atom stereocenters. The van der Waals surface area contributed by atoms with Crippen LogP contribution in [-0.2, 0) is 6.42 Å². The van der Waals surface area contributed by atoms with Gasteiger partial charge in [0.25, 0.3) is 0 Å². The fourth-order valence-corrected chi connectivity index (χ4v) is 1.66. The highest BCUT2D eigenvalue weighted by Crippen LogP contribution is 2.22. The van der Waals surface area contributed by atoms with Crippen molar-refractivity contribution in [2.24, 2.45) is 17.4 Å². The van der Waals surface area contributed by atoms with Crippen LogP contribution < -0.4 is 11.5 Å². The summed E-state index contributed by atoms with van der Waals surface area (Å²) < 4.78 is 0. The van der Waals surface area contributed by atoms with Gasteiger partial charge < -0.3 is 11.5 Å². The van der Waals surface area contributed by atoms with Crippen LogP contribution in [0, 0.1) is 5.92 Å². The summed E-state index contributed by atoms with van der Waals surface area (Å²) in [6, 6.07) is 5.43. The Bertz CT molecular complexity index is 298. The highest BCUT2D eigenvalue weighted by atomic mass is 35.5. The van der Waals surface area contributed by atoms with Gasteiger partial charge in [-0.3, -0.25) is 0 Å². The number of rotatable bonds is 4. The second-order valence-electron chi connectivity index (χ2n) is 3.28. The summed E-state index contributed by atoms with van der Waals surface area (Å²) in [5.74, 6) is 0.269. The molecule has 0 amide bonds. The Morgan fingerprint density at radius 2 is 1.79 bits per heavy atom. The molecule has 0 heterocycles. The second-order valence-corrected chi connectivity index (χ2v) is 4.12. The van der Waals surface area contributed by atoms with E-state index in [1.807, 2.05) is 6.07 Å². The van der Waals surface area contributed by atoms with Crippen LogP contribution in [0.4, 0.5) is 0 Å². The molecule has 0 spiro atoms. The molecular formula is C10H14Cl2N2. The first kappa shape index (κ1) is 11.8. The molecule has 0 saturated carbocycles. The van der Waals surface area contributed by atoms with Crippen molar-refractivity contribution in [2.75, 3.05) is 13.1 Å². The molecule has 0 unspecified atom stereocenters. The van der Waals surface area contributed by atoms with Crippen molar-refractivity contribution in [3.8, 4) is 0 Å². The zero-order valence-corrected chi connectivity index (χ0v) is 9.35. The maximum Gasteiger partial charge on any atom is 0.0439 e. The van der Waals surface area contributed by atoms with E-state index in [0.717, 1.165) is 17.0 Å². The summed E-state index contributed by atoms with van der Waals surface area (Å²) in [5.41, 5.74) is 12.1. The minimum Gasteiger partial charge on any atom is -0.330 e. The molecule has 0 radical (unpaired) electrons. The molecule has 0 aliphatic rings. The van der Waals surface area contributed by atoms with E-state index in [-0.39, 0.29) is 5.92 Å². The fourth-order valence-electron chi connectivity index (χ4n) is 1.27. The second kappa shape index (κ2) is 5.56. The van der Waals surface area contributed by atoms with Gasteiger partial charge in [0, 0.05) is 10.0 Å². The van der Waals surface area contributed by atoms with Crippen LogP contribution in [0.25, 0.3) is 0 Å². The quantitative estimate of drug-likeness (QED) is 0.836. The first-order valence-electron chi connectivity index (χ1n) is 4.51. The van der Waals surface area contributed by atoms with E-state index in [9.17, 15) is 0 Å². The molecule has 0 aliphatic carbocycles. The summed E-state index contributed by atoms with van der Waals surface area (Å²) in [6.45, 7) is 1.14. The molecule has 0 aliphatic heterocycles. The Labute approximate surface area is 94.2 Å². The molecule has 0 saturated heterocycles. The number of hydrogen-bond acceptors (Lipinski definition) is 2. The number of hydrogen-bond donors (Lipinski definition) is 2. The molecule has 78 valence electrons. The third kappa shape index (κ3) is 3.14. The fraction of sp³-hybridized carbons (Fsp3) is 0.400. The molecule has 0 aromatic heterocycles. The van der Waals surface area contributed by atoms with E-state index in [0.29, 0.717) is 18.1 Å². The van der Waals surface area contributed by atoms with Crippen LogP contribution in [0.3, 0.4) is 0 Å². The molecule has 4 heteroatoms. The zero-order chi connectivity index (χ0) is 10.6. The highest BCUT2D eigenvalue weighted by Gasteiger charge is 2.08. The van der Waals surface area contributed by atoms with Crippen LogP contribution in [-0.4, -0.2) is 13.1 Å². The normalized spacial score (nSPS) is 10.9. The molecule has 0 bridgehead atoms. The third-order valence-corrected chi connectivity index (χ3v) is 2.79. The first-order chi connectivity index (χ1) is 6.67. The molecule has 1 aromatic carbocycles. The zero-order valence-electron chi connectivity index (χ0n) is 7.84. The van der Waals surface area contributed by atoms with Crippen molar-refractivity contribution in [1.29, 1.82) is 0 Å². The van der Waals surface area contributed by atoms with Crippen LogP contribution in [0.5, 0.6) is 0 Å². The summed E-state index contributed by atoms with van der Waals surface area (Å²) in [4.78, 5) is 0. The van der Waals surface area contributed by atoms with E-state index in [1.165, 1.54) is 0 Å². The highest BCUT2D eigenvalue weighted by molar-refractivity contribution is 6.33. The Balaban J connectivity index is 2.79. The van der Waals surface area contributed by atoms with Gasteiger partial charge in [0.15, 0.2) is 0 Å². The molecule has 14 heavy (non-hydrogen) atoms. The van der Waals surface area contributed by atoms with Crippen LogP contribution >= 0.6 is 23.2 Å². The SMILES string of the molecule is NCC(CN)Cc1cc(Cl)ccc1Cl. The standard InChI is InChI=1S/C10H14Cl2N2/c11-9-1-2-10(12)8(4-9)3-7(5-13)6-14/h1-2,4,7H,3,5-6,13-14H2. The third-order valence-electron chi connectivity index (χ3n) is 2.18. The maximum absolute atomic E-state index is 6.01. The smallest absolute Gasteiger partial charge is 0.0439 e. The van der Waals surface area contributed by atoms with E-state index < -0.39 is 0 Å². The van der Waals surface area contributed by atoms with E-state index in [2.05, 4.69) is 0 Å². The van der Waals surface area contributed by atoms with Gasteiger partial charge in [-0.15, -0.1) is 0 Å². The van der Waals surface area contributed by atoms with Gasteiger partial charge in [-0.25, -0.2) is 0 Å². The molecule has 1 aromatic rings. The Morgan fingerprint density at radius 1 is 1.14 bits per heavy atom. The van der Waals surface area contributed by atoms with Gasteiger partial charge in [-0.1, -0.05) is 23.2 Å². The lowest BCUT2D eigenvalue weighted by atomic mass is 10.00. The van der Waals surface area contributed by atoms with Gasteiger partial charge in [-0.2, -0.15) is 0 Å². The lowest BCUT2D eigenvalue weighted by Crippen LogP contribution is -2.25. The molecular weight excluding hydrogens is 219 g/mol. The molecule has 2 nitrogen and oxygen atoms in total. The van der Waals surface area contributed by atoms with Crippen molar-refractivity contribution < 1.29 is 0 Å². The van der Waals surface area contributed by atoms with Crippen molar-refractivity contribution in [2.45, 2.75) is 6.42 Å². The average Bonchev–Trinajstić information content (AvgIpc) is 2.19. The summed E-state index contributed by atoms with van der Waals surface area (Å²) in [7, 11) is 0. The van der Waals surface area contributed by atoms with Crippen LogP contribution in [0.15, 0.2) is 18.2 Å². The number of benzene rings is 1. The topological polar surface area (TPSA) is 52.0 Å². The predicted molar refractivity (Wildman–Crippen MR) is 61.8 cm³/mol. The summed E-state index contributed by atoms with van der Waals surface area (Å²) in [6.07, 6.45) is 0.784. The lowest BCUT2D eigenvalue weighted by Gasteiger charge is -2.13. The number of halogens is 2. The monoisotopic (exact) mass is 232 g/mol. The van der Waals surface area contributed by atoms with Crippen LogP contribution in [0.1, 0.15) is 5.56 Å². The van der Waals surface area contributed by atoms with Crippen molar-refractivity contribution in [1.82, 2.24) is 0 Å². The summed E-state index contributed by atoms with van der Waals surface area (Å²) in [5, 5.41) is 1.42. The first-order valence-corrected chi connectivity index (χ1v) is 5.27. The van der Waals surface area contributed by atoms with E-state index in [4.69, 9.17) is 34.7 Å². The van der Waals surface area contributed by atoms with Crippen molar-refractivity contribution in [3.63, 3.8) is 0 Å². The van der Waals surface area contributed by atoms with E-state index >= 15 is 0 Å². The van der Waals surface area contributed by atoms with Gasteiger partial charge in [0.2, 0.25) is 0 Å². The minimum atomic E-state index is 0.269. The van der Waals surface area contributed by atoms with Gasteiger partial charge >= 0.3 is 0 Å². The minimum absolute atomic E-state index is 0.269. The lowest BCUT2D eigenvalue weighted by molar-refractivity contribution is 0.548. The van der Waals surface area contributed by atoms with Gasteiger partial charge in [-0.05, 0) is 49.2 Å². The maximum atomic E-state index is 6.01. The Morgan fingerprint density at radius 3 is 2.36 bits per heavy atom. The largest absolute Gasteiger partial charge is 0.330 e. The Hall–Kier alpha value is -0.280. The molecule has 4 N–H and O–H groups in total. The molecule has 0 fully saturated rings. The average molecular weight is 233 g/mol. The van der Waals surface area contributed by atoms with Crippen molar-refractivity contribution in [3.05, 3.63) is 33.8 Å². The van der Waals surface area contributed by atoms with Crippen LogP contribution in [0.2, 0.25) is 10.0 Å². The van der Waals surface area contributed by atoms with E-state index in [1.54, 1.807) is 12.1 Å². The van der Waals surface area contributed by atoms with Gasteiger partial charge in [0.1, 0.15) is 0 Å². The summed E-state index contributed by atoms with van der Waals surface area (Å²) >= 11 is 11.9. The Kier molecular flexibility index (Phi) is 4.69. The predicted octanol–water partition coefficient (Wildman–Crippen LogP) is 2.07.